The predicted octanol–water partition coefficient (Wildman–Crippen LogP) is 4.33. The molecular weight excluding hydrogens is 296 g/mol. The van der Waals surface area contributed by atoms with Gasteiger partial charge in [-0.05, 0) is 34.4 Å². The van der Waals surface area contributed by atoms with Crippen LogP contribution in [0.1, 0.15) is 24.0 Å². The first-order valence-corrected chi connectivity index (χ1v) is 8.32. The average molecular weight is 314 g/mol. The van der Waals surface area contributed by atoms with E-state index in [1.54, 1.807) is 0 Å². The maximum atomic E-state index is 12.5. The van der Waals surface area contributed by atoms with Gasteiger partial charge in [0.15, 0.2) is 11.6 Å². The highest BCUT2D eigenvalue weighted by Gasteiger charge is 2.47. The van der Waals surface area contributed by atoms with Crippen molar-refractivity contribution in [2.75, 3.05) is 0 Å². The molecule has 0 aromatic heterocycles. The SMILES string of the molecule is O=C1C[C@H]2/C(=C/c3ccccc3)C(=O)C[C@@H]2/C1=C/c1ccccc1. The van der Waals surface area contributed by atoms with Gasteiger partial charge in [-0.1, -0.05) is 60.7 Å². The lowest BCUT2D eigenvalue weighted by Crippen LogP contribution is -2.03. The van der Waals surface area contributed by atoms with Crippen molar-refractivity contribution in [1.29, 1.82) is 0 Å². The zero-order chi connectivity index (χ0) is 16.5. The lowest BCUT2D eigenvalue weighted by Gasteiger charge is -2.09. The molecule has 0 bridgehead atoms. The number of benzene rings is 2. The second-order valence-electron chi connectivity index (χ2n) is 6.49. The molecule has 0 heterocycles. The van der Waals surface area contributed by atoms with E-state index in [0.29, 0.717) is 12.8 Å². The Bertz CT molecular complexity index is 771. The predicted molar refractivity (Wildman–Crippen MR) is 95.1 cm³/mol. The number of rotatable bonds is 2. The normalized spacial score (nSPS) is 26.3. The van der Waals surface area contributed by atoms with Crippen molar-refractivity contribution in [3.05, 3.63) is 82.9 Å². The van der Waals surface area contributed by atoms with Crippen molar-refractivity contribution in [1.82, 2.24) is 0 Å². The zero-order valence-electron chi connectivity index (χ0n) is 13.3. The minimum absolute atomic E-state index is 0.0418. The van der Waals surface area contributed by atoms with Gasteiger partial charge in [-0.2, -0.15) is 0 Å². The van der Waals surface area contributed by atoms with E-state index in [-0.39, 0.29) is 23.4 Å². The Labute approximate surface area is 141 Å². The van der Waals surface area contributed by atoms with Crippen LogP contribution in [0.15, 0.2) is 71.8 Å². The minimum atomic E-state index is 0.0418. The number of fused-ring (bicyclic) bond motifs is 1. The molecule has 2 aromatic carbocycles. The Morgan fingerprint density at radius 2 is 1.00 bits per heavy atom. The summed E-state index contributed by atoms with van der Waals surface area (Å²) in [6.45, 7) is 0. The smallest absolute Gasteiger partial charge is 0.159 e. The van der Waals surface area contributed by atoms with Crippen molar-refractivity contribution >= 4 is 23.7 Å². The Morgan fingerprint density at radius 3 is 1.38 bits per heavy atom. The first-order chi connectivity index (χ1) is 11.7. The molecule has 2 aliphatic carbocycles. The summed E-state index contributed by atoms with van der Waals surface area (Å²) in [6.07, 6.45) is 4.83. The summed E-state index contributed by atoms with van der Waals surface area (Å²) in [5, 5.41) is 0. The third-order valence-electron chi connectivity index (χ3n) is 4.98. The molecule has 2 atom stereocenters. The second kappa shape index (κ2) is 6.04. The molecule has 0 spiro atoms. The molecule has 2 aliphatic rings. The Kier molecular flexibility index (Phi) is 3.73. The highest BCUT2D eigenvalue weighted by atomic mass is 16.1. The Hall–Kier alpha value is -2.74. The molecule has 118 valence electrons. The van der Waals surface area contributed by atoms with E-state index in [0.717, 1.165) is 22.3 Å². The van der Waals surface area contributed by atoms with Gasteiger partial charge in [-0.25, -0.2) is 0 Å². The van der Waals surface area contributed by atoms with Gasteiger partial charge < -0.3 is 0 Å². The quantitative estimate of drug-likeness (QED) is 0.773. The molecule has 0 unspecified atom stereocenters. The van der Waals surface area contributed by atoms with E-state index in [1.165, 1.54) is 0 Å². The van der Waals surface area contributed by atoms with Gasteiger partial charge in [0.1, 0.15) is 0 Å². The number of Topliss-reactive ketones (excluding diaryl/α,β-unsaturated/α-hetero) is 2. The van der Waals surface area contributed by atoms with Crippen molar-refractivity contribution in [2.45, 2.75) is 12.8 Å². The molecule has 2 heteroatoms. The monoisotopic (exact) mass is 314 g/mol. The fraction of sp³-hybridized carbons (Fsp3) is 0.182. The molecule has 2 aromatic rings. The van der Waals surface area contributed by atoms with Crippen LogP contribution in [-0.2, 0) is 9.59 Å². The van der Waals surface area contributed by atoms with Crippen LogP contribution in [0.25, 0.3) is 12.2 Å². The van der Waals surface area contributed by atoms with Crippen LogP contribution in [0, 0.1) is 11.8 Å². The van der Waals surface area contributed by atoms with Gasteiger partial charge in [0.25, 0.3) is 0 Å². The lowest BCUT2D eigenvalue weighted by molar-refractivity contribution is -0.115. The fourth-order valence-corrected chi connectivity index (χ4v) is 3.82. The second-order valence-corrected chi connectivity index (χ2v) is 6.49. The van der Waals surface area contributed by atoms with E-state index in [2.05, 4.69) is 0 Å². The third kappa shape index (κ3) is 2.65. The lowest BCUT2D eigenvalue weighted by atomic mass is 9.93. The van der Waals surface area contributed by atoms with E-state index < -0.39 is 0 Å². The van der Waals surface area contributed by atoms with Crippen LogP contribution in [0.4, 0.5) is 0 Å². The number of ketones is 2. The summed E-state index contributed by atoms with van der Waals surface area (Å²) in [5.74, 6) is 0.445. The van der Waals surface area contributed by atoms with E-state index >= 15 is 0 Å². The van der Waals surface area contributed by atoms with Crippen LogP contribution >= 0.6 is 0 Å². The van der Waals surface area contributed by atoms with Gasteiger partial charge >= 0.3 is 0 Å². The number of hydrogen-bond donors (Lipinski definition) is 0. The molecule has 0 radical (unpaired) electrons. The highest BCUT2D eigenvalue weighted by molar-refractivity contribution is 6.11. The van der Waals surface area contributed by atoms with Gasteiger partial charge in [0.05, 0.1) is 0 Å². The van der Waals surface area contributed by atoms with Crippen LogP contribution in [0.3, 0.4) is 0 Å². The largest absolute Gasteiger partial charge is 0.295 e. The fourth-order valence-electron chi connectivity index (χ4n) is 3.82. The third-order valence-corrected chi connectivity index (χ3v) is 4.98. The van der Waals surface area contributed by atoms with Gasteiger partial charge in [0, 0.05) is 24.7 Å². The maximum Gasteiger partial charge on any atom is 0.159 e. The summed E-state index contributed by atoms with van der Waals surface area (Å²) in [5.41, 5.74) is 3.68. The molecule has 2 fully saturated rings. The standard InChI is InChI=1S/C22H18O2/c23-21-14-18-17(19(21)11-15-7-3-1-4-8-15)13-22(24)20(18)12-16-9-5-2-6-10-16/h1-12,17-18H,13-14H2/b19-11-,20-12-/t17-,18+. The van der Waals surface area contributed by atoms with E-state index in [9.17, 15) is 9.59 Å². The molecule has 2 nitrogen and oxygen atoms in total. The molecule has 4 rings (SSSR count). The molecular formula is C22H18O2. The van der Waals surface area contributed by atoms with Crippen molar-refractivity contribution < 1.29 is 9.59 Å². The molecule has 0 N–H and O–H groups in total. The van der Waals surface area contributed by atoms with E-state index in [4.69, 9.17) is 0 Å². The first-order valence-electron chi connectivity index (χ1n) is 8.32. The molecule has 2 saturated carbocycles. The van der Waals surface area contributed by atoms with E-state index in [1.807, 2.05) is 72.8 Å². The van der Waals surface area contributed by atoms with Crippen LogP contribution < -0.4 is 0 Å². The van der Waals surface area contributed by atoms with Gasteiger partial charge in [0.2, 0.25) is 0 Å². The highest BCUT2D eigenvalue weighted by Crippen LogP contribution is 2.48. The first kappa shape index (κ1) is 14.8. The molecule has 0 amide bonds. The van der Waals surface area contributed by atoms with Crippen molar-refractivity contribution in [3.63, 3.8) is 0 Å². The summed E-state index contributed by atoms with van der Waals surface area (Å²) in [4.78, 5) is 25.0. The topological polar surface area (TPSA) is 34.1 Å². The number of carbonyl (C=O) groups excluding carboxylic acids is 2. The maximum absolute atomic E-state index is 12.5. The number of carbonyl (C=O) groups is 2. The van der Waals surface area contributed by atoms with Crippen molar-refractivity contribution in [3.8, 4) is 0 Å². The summed E-state index contributed by atoms with van der Waals surface area (Å²) in [7, 11) is 0. The molecule has 0 saturated heterocycles. The summed E-state index contributed by atoms with van der Waals surface area (Å²) in [6, 6.07) is 19.7. The van der Waals surface area contributed by atoms with Crippen LogP contribution in [0.2, 0.25) is 0 Å². The van der Waals surface area contributed by atoms with Gasteiger partial charge in [-0.3, -0.25) is 9.59 Å². The van der Waals surface area contributed by atoms with Crippen LogP contribution in [0.5, 0.6) is 0 Å². The van der Waals surface area contributed by atoms with Gasteiger partial charge in [-0.15, -0.1) is 0 Å². The summed E-state index contributed by atoms with van der Waals surface area (Å²) < 4.78 is 0. The minimum Gasteiger partial charge on any atom is -0.295 e. The molecule has 24 heavy (non-hydrogen) atoms. The zero-order valence-corrected chi connectivity index (χ0v) is 13.3. The van der Waals surface area contributed by atoms with Crippen molar-refractivity contribution in [2.24, 2.45) is 11.8 Å². The van der Waals surface area contributed by atoms with Crippen LogP contribution in [-0.4, -0.2) is 11.6 Å². The summed E-state index contributed by atoms with van der Waals surface area (Å²) >= 11 is 0. The number of hydrogen-bond acceptors (Lipinski definition) is 2. The number of allylic oxidation sites excluding steroid dienone is 2. The molecule has 0 aliphatic heterocycles. The Balaban J connectivity index is 1.69. The Morgan fingerprint density at radius 1 is 0.625 bits per heavy atom. The average Bonchev–Trinajstić information content (AvgIpc) is 3.06.